The summed E-state index contributed by atoms with van der Waals surface area (Å²) in [7, 11) is 3.68. The predicted octanol–water partition coefficient (Wildman–Crippen LogP) is 2.75. The number of likely N-dealkylation sites (tertiary alicyclic amines) is 1. The Morgan fingerprint density at radius 2 is 2.10 bits per heavy atom. The molecule has 1 aliphatic rings. The molecule has 0 radical (unpaired) electrons. The third-order valence-corrected chi connectivity index (χ3v) is 4.30. The van der Waals surface area contributed by atoms with E-state index >= 15 is 0 Å². The molecular formula is C15H23N3O3. The standard InChI is InChI=1S/C15H23N3O3/c1-15(6-8-17(2)9-7-15)11-16-13-10-12(21-3)4-5-14(13)18(19)20/h4-5,10,16H,6-9,11H2,1-3H3. The zero-order chi connectivity index (χ0) is 15.5. The fraction of sp³-hybridized carbons (Fsp3) is 0.600. The second-order valence-corrected chi connectivity index (χ2v) is 6.11. The third-order valence-electron chi connectivity index (χ3n) is 4.30. The predicted molar refractivity (Wildman–Crippen MR) is 83.0 cm³/mol. The number of rotatable bonds is 5. The highest BCUT2D eigenvalue weighted by atomic mass is 16.6. The number of hydrogen-bond donors (Lipinski definition) is 1. The molecule has 0 spiro atoms. The number of anilines is 1. The van der Waals surface area contributed by atoms with Crippen LogP contribution in [0.2, 0.25) is 0 Å². The van der Waals surface area contributed by atoms with Gasteiger partial charge in [0.1, 0.15) is 11.4 Å². The summed E-state index contributed by atoms with van der Waals surface area (Å²) in [6, 6.07) is 4.79. The molecule has 0 unspecified atom stereocenters. The van der Waals surface area contributed by atoms with Crippen LogP contribution in [0, 0.1) is 15.5 Å². The molecule has 0 amide bonds. The fourth-order valence-corrected chi connectivity index (χ4v) is 2.59. The van der Waals surface area contributed by atoms with Crippen LogP contribution in [-0.4, -0.2) is 43.6 Å². The van der Waals surface area contributed by atoms with E-state index in [0.717, 1.165) is 32.5 Å². The van der Waals surface area contributed by atoms with Gasteiger partial charge in [-0.3, -0.25) is 10.1 Å². The molecule has 1 aliphatic heterocycles. The smallest absolute Gasteiger partial charge is 0.292 e. The maximum atomic E-state index is 11.1. The minimum absolute atomic E-state index is 0.0901. The van der Waals surface area contributed by atoms with Gasteiger partial charge in [0.15, 0.2) is 0 Å². The summed E-state index contributed by atoms with van der Waals surface area (Å²) in [6.07, 6.45) is 2.18. The molecule has 0 atom stereocenters. The molecule has 1 saturated heterocycles. The third kappa shape index (κ3) is 3.85. The largest absolute Gasteiger partial charge is 0.497 e. The van der Waals surface area contributed by atoms with E-state index in [9.17, 15) is 10.1 Å². The topological polar surface area (TPSA) is 67.6 Å². The van der Waals surface area contributed by atoms with E-state index in [2.05, 4.69) is 24.2 Å². The zero-order valence-corrected chi connectivity index (χ0v) is 12.9. The van der Waals surface area contributed by atoms with Crippen LogP contribution in [0.4, 0.5) is 11.4 Å². The molecule has 1 fully saturated rings. The highest BCUT2D eigenvalue weighted by molar-refractivity contribution is 5.64. The van der Waals surface area contributed by atoms with E-state index in [1.807, 2.05) is 0 Å². The SMILES string of the molecule is COc1ccc([N+](=O)[O-])c(NCC2(C)CCN(C)CC2)c1. The van der Waals surface area contributed by atoms with Crippen LogP contribution in [0.25, 0.3) is 0 Å². The maximum absolute atomic E-state index is 11.1. The molecule has 0 aromatic heterocycles. The lowest BCUT2D eigenvalue weighted by molar-refractivity contribution is -0.384. The number of nitro groups is 1. The first-order valence-corrected chi connectivity index (χ1v) is 7.18. The number of nitro benzene ring substituents is 1. The Kier molecular flexibility index (Phi) is 4.67. The van der Waals surface area contributed by atoms with Crippen LogP contribution >= 0.6 is 0 Å². The summed E-state index contributed by atoms with van der Waals surface area (Å²) < 4.78 is 5.15. The summed E-state index contributed by atoms with van der Waals surface area (Å²) in [4.78, 5) is 13.1. The molecule has 6 nitrogen and oxygen atoms in total. The van der Waals surface area contributed by atoms with Crippen LogP contribution in [0.1, 0.15) is 19.8 Å². The lowest BCUT2D eigenvalue weighted by Crippen LogP contribution is -2.40. The van der Waals surface area contributed by atoms with E-state index < -0.39 is 0 Å². The molecular weight excluding hydrogens is 270 g/mol. The molecule has 1 N–H and O–H groups in total. The van der Waals surface area contributed by atoms with Gasteiger partial charge in [0, 0.05) is 18.7 Å². The van der Waals surface area contributed by atoms with Crippen molar-refractivity contribution in [1.29, 1.82) is 0 Å². The molecule has 21 heavy (non-hydrogen) atoms. The van der Waals surface area contributed by atoms with Crippen molar-refractivity contribution in [2.24, 2.45) is 5.41 Å². The van der Waals surface area contributed by atoms with Gasteiger partial charge >= 0.3 is 0 Å². The molecule has 1 aromatic carbocycles. The first-order valence-electron chi connectivity index (χ1n) is 7.18. The Morgan fingerprint density at radius 3 is 2.67 bits per heavy atom. The average molecular weight is 293 g/mol. The number of ether oxygens (including phenoxy) is 1. The highest BCUT2D eigenvalue weighted by Gasteiger charge is 2.29. The number of benzene rings is 1. The Morgan fingerprint density at radius 1 is 1.43 bits per heavy atom. The van der Waals surface area contributed by atoms with Gasteiger partial charge in [0.25, 0.3) is 5.69 Å². The van der Waals surface area contributed by atoms with Gasteiger partial charge in [-0.2, -0.15) is 0 Å². The quantitative estimate of drug-likeness (QED) is 0.668. The summed E-state index contributed by atoms with van der Waals surface area (Å²) in [5, 5.41) is 14.4. The Balaban J connectivity index is 2.09. The fourth-order valence-electron chi connectivity index (χ4n) is 2.59. The van der Waals surface area contributed by atoms with E-state index in [-0.39, 0.29) is 16.0 Å². The normalized spacial score (nSPS) is 18.2. The molecule has 2 rings (SSSR count). The van der Waals surface area contributed by atoms with E-state index in [0.29, 0.717) is 11.4 Å². The first kappa shape index (κ1) is 15.6. The van der Waals surface area contributed by atoms with Gasteiger partial charge < -0.3 is 15.0 Å². The monoisotopic (exact) mass is 293 g/mol. The molecule has 0 aliphatic carbocycles. The van der Waals surface area contributed by atoms with Crippen LogP contribution in [0.3, 0.4) is 0 Å². The van der Waals surface area contributed by atoms with Gasteiger partial charge in [-0.15, -0.1) is 0 Å². The van der Waals surface area contributed by atoms with Crippen molar-refractivity contribution in [3.05, 3.63) is 28.3 Å². The number of hydrogen-bond acceptors (Lipinski definition) is 5. The average Bonchev–Trinajstić information content (AvgIpc) is 2.48. The van der Waals surface area contributed by atoms with Crippen molar-refractivity contribution in [2.75, 3.05) is 39.1 Å². The molecule has 0 saturated carbocycles. The molecule has 116 valence electrons. The Bertz CT molecular complexity index is 511. The summed E-state index contributed by atoms with van der Waals surface area (Å²) >= 11 is 0. The maximum Gasteiger partial charge on any atom is 0.292 e. The number of methoxy groups -OCH3 is 1. The number of nitrogens with zero attached hydrogens (tertiary/aromatic N) is 2. The molecule has 6 heteroatoms. The molecule has 1 aromatic rings. The number of nitrogens with one attached hydrogen (secondary N) is 1. The van der Waals surface area contributed by atoms with E-state index in [1.54, 1.807) is 19.2 Å². The first-order chi connectivity index (χ1) is 9.93. The van der Waals surface area contributed by atoms with Gasteiger partial charge in [-0.1, -0.05) is 6.92 Å². The zero-order valence-electron chi connectivity index (χ0n) is 12.9. The van der Waals surface area contributed by atoms with Crippen molar-refractivity contribution >= 4 is 11.4 Å². The van der Waals surface area contributed by atoms with Crippen molar-refractivity contribution in [3.8, 4) is 5.75 Å². The summed E-state index contributed by atoms with van der Waals surface area (Å²) in [5.41, 5.74) is 0.788. The minimum Gasteiger partial charge on any atom is -0.497 e. The Labute approximate surface area is 125 Å². The van der Waals surface area contributed by atoms with Crippen LogP contribution in [0.5, 0.6) is 5.75 Å². The summed E-state index contributed by atoms with van der Waals surface area (Å²) in [6.45, 7) is 5.10. The highest BCUT2D eigenvalue weighted by Crippen LogP contribution is 2.33. The van der Waals surface area contributed by atoms with Crippen molar-refractivity contribution in [1.82, 2.24) is 4.90 Å². The van der Waals surface area contributed by atoms with Gasteiger partial charge in [-0.25, -0.2) is 0 Å². The second-order valence-electron chi connectivity index (χ2n) is 6.11. The van der Waals surface area contributed by atoms with E-state index in [4.69, 9.17) is 4.74 Å². The van der Waals surface area contributed by atoms with Crippen LogP contribution in [0.15, 0.2) is 18.2 Å². The Hall–Kier alpha value is -1.82. The van der Waals surface area contributed by atoms with Crippen LogP contribution < -0.4 is 10.1 Å². The second kappa shape index (κ2) is 6.30. The molecule has 0 bridgehead atoms. The lowest BCUT2D eigenvalue weighted by atomic mass is 9.80. The van der Waals surface area contributed by atoms with Gasteiger partial charge in [0.05, 0.1) is 12.0 Å². The van der Waals surface area contributed by atoms with Crippen molar-refractivity contribution in [2.45, 2.75) is 19.8 Å². The van der Waals surface area contributed by atoms with E-state index in [1.165, 1.54) is 6.07 Å². The summed E-state index contributed by atoms with van der Waals surface area (Å²) in [5.74, 6) is 0.622. The lowest BCUT2D eigenvalue weighted by Gasteiger charge is -2.38. The van der Waals surface area contributed by atoms with Crippen molar-refractivity contribution in [3.63, 3.8) is 0 Å². The number of piperidine rings is 1. The van der Waals surface area contributed by atoms with Crippen molar-refractivity contribution < 1.29 is 9.66 Å². The van der Waals surface area contributed by atoms with Crippen LogP contribution in [-0.2, 0) is 0 Å². The minimum atomic E-state index is -0.362. The van der Waals surface area contributed by atoms with Gasteiger partial charge in [0.2, 0.25) is 0 Å². The van der Waals surface area contributed by atoms with Gasteiger partial charge in [-0.05, 0) is 44.5 Å². The molecule has 1 heterocycles.